The van der Waals surface area contributed by atoms with Gasteiger partial charge in [0.1, 0.15) is 12.4 Å². The summed E-state index contributed by atoms with van der Waals surface area (Å²) < 4.78 is 11.5. The predicted molar refractivity (Wildman–Crippen MR) is 138 cm³/mol. The van der Waals surface area contributed by atoms with Crippen LogP contribution in [0.4, 0.5) is 0 Å². The first-order chi connectivity index (χ1) is 14.7. The van der Waals surface area contributed by atoms with Crippen molar-refractivity contribution in [1.29, 1.82) is 0 Å². The summed E-state index contributed by atoms with van der Waals surface area (Å²) in [7, 11) is 1.78. The average molecular weight is 559 g/mol. The van der Waals surface area contributed by atoms with E-state index in [1.165, 1.54) is 5.56 Å². The molecule has 0 aromatic heterocycles. The van der Waals surface area contributed by atoms with Crippen LogP contribution in [0.2, 0.25) is 5.02 Å². The molecular formula is C23H32ClIN4O2. The number of hydrogen-bond donors (Lipinski definition) is 2. The molecule has 8 heteroatoms. The molecule has 1 aliphatic rings. The van der Waals surface area contributed by atoms with Crippen LogP contribution in [0.1, 0.15) is 11.1 Å². The average Bonchev–Trinajstić information content (AvgIpc) is 2.79. The monoisotopic (exact) mass is 558 g/mol. The third-order valence-electron chi connectivity index (χ3n) is 5.03. The number of nitrogens with one attached hydrogen (secondary N) is 2. The minimum atomic E-state index is 0. The zero-order chi connectivity index (χ0) is 21.0. The lowest BCUT2D eigenvalue weighted by Crippen LogP contribution is -2.39. The van der Waals surface area contributed by atoms with Gasteiger partial charge < -0.3 is 20.1 Å². The van der Waals surface area contributed by atoms with Gasteiger partial charge in [-0.3, -0.25) is 9.89 Å². The van der Waals surface area contributed by atoms with E-state index in [-0.39, 0.29) is 24.0 Å². The summed E-state index contributed by atoms with van der Waals surface area (Å²) in [6.07, 6.45) is 0.902. The third kappa shape index (κ3) is 9.22. The van der Waals surface area contributed by atoms with Crippen LogP contribution < -0.4 is 15.4 Å². The van der Waals surface area contributed by atoms with E-state index in [0.29, 0.717) is 13.2 Å². The van der Waals surface area contributed by atoms with Gasteiger partial charge in [0.15, 0.2) is 5.96 Å². The Bertz CT molecular complexity index is 798. The molecule has 1 aliphatic heterocycles. The molecule has 0 amide bonds. The number of morpholine rings is 1. The second-order valence-electron chi connectivity index (χ2n) is 7.14. The minimum Gasteiger partial charge on any atom is -0.492 e. The third-order valence-corrected chi connectivity index (χ3v) is 5.28. The van der Waals surface area contributed by atoms with Crippen molar-refractivity contribution in [3.63, 3.8) is 0 Å². The van der Waals surface area contributed by atoms with Gasteiger partial charge in [0, 0.05) is 50.4 Å². The van der Waals surface area contributed by atoms with Crippen LogP contribution in [0.25, 0.3) is 0 Å². The Hall–Kier alpha value is -1.55. The summed E-state index contributed by atoms with van der Waals surface area (Å²) in [5.74, 6) is 1.68. The normalized spacial score (nSPS) is 14.6. The standard InChI is InChI=1S/C23H31ClN4O2.HI/c1-25-23(26-11-10-19-6-8-21(24)9-7-19)27-18-20-4-2-3-5-22(20)30-17-14-28-12-15-29-16-13-28;/h2-9H,10-18H2,1H3,(H2,25,26,27);1H. The molecule has 1 saturated heterocycles. The Balaban J connectivity index is 0.00000341. The van der Waals surface area contributed by atoms with Gasteiger partial charge in [-0.2, -0.15) is 0 Å². The van der Waals surface area contributed by atoms with Gasteiger partial charge in [-0.25, -0.2) is 0 Å². The Morgan fingerprint density at radius 3 is 2.58 bits per heavy atom. The second-order valence-corrected chi connectivity index (χ2v) is 7.58. The maximum atomic E-state index is 6.06. The van der Waals surface area contributed by atoms with Gasteiger partial charge in [-0.05, 0) is 30.2 Å². The molecule has 0 spiro atoms. The van der Waals surface area contributed by atoms with E-state index in [4.69, 9.17) is 21.1 Å². The van der Waals surface area contributed by atoms with Crippen molar-refractivity contribution in [2.24, 2.45) is 4.99 Å². The molecule has 0 unspecified atom stereocenters. The van der Waals surface area contributed by atoms with E-state index < -0.39 is 0 Å². The number of ether oxygens (including phenoxy) is 2. The highest BCUT2D eigenvalue weighted by Crippen LogP contribution is 2.17. The van der Waals surface area contributed by atoms with Gasteiger partial charge in [0.2, 0.25) is 0 Å². The quantitative estimate of drug-likeness (QED) is 0.280. The molecule has 31 heavy (non-hydrogen) atoms. The summed E-state index contributed by atoms with van der Waals surface area (Å²) in [4.78, 5) is 6.69. The number of aliphatic imine (C=N–C) groups is 1. The van der Waals surface area contributed by atoms with Gasteiger partial charge in [-0.1, -0.05) is 41.9 Å². The highest BCUT2D eigenvalue weighted by molar-refractivity contribution is 14.0. The number of rotatable bonds is 9. The largest absolute Gasteiger partial charge is 0.492 e. The maximum Gasteiger partial charge on any atom is 0.191 e. The van der Waals surface area contributed by atoms with E-state index in [1.54, 1.807) is 7.05 Å². The first kappa shape index (κ1) is 25.7. The molecule has 0 aliphatic carbocycles. The van der Waals surface area contributed by atoms with Gasteiger partial charge in [-0.15, -0.1) is 24.0 Å². The van der Waals surface area contributed by atoms with E-state index >= 15 is 0 Å². The summed E-state index contributed by atoms with van der Waals surface area (Å²) >= 11 is 5.94. The SMILES string of the molecule is CN=C(NCCc1ccc(Cl)cc1)NCc1ccccc1OCCN1CCOCC1.I. The molecule has 170 valence electrons. The number of hydrogen-bond acceptors (Lipinski definition) is 4. The molecule has 1 heterocycles. The number of para-hydroxylation sites is 1. The van der Waals surface area contributed by atoms with Crippen LogP contribution >= 0.6 is 35.6 Å². The minimum absolute atomic E-state index is 0. The fourth-order valence-corrected chi connectivity index (χ4v) is 3.40. The molecule has 6 nitrogen and oxygen atoms in total. The van der Waals surface area contributed by atoms with Crippen molar-refractivity contribution in [3.8, 4) is 5.75 Å². The molecule has 2 aromatic carbocycles. The van der Waals surface area contributed by atoms with Gasteiger partial charge in [0.25, 0.3) is 0 Å². The fourth-order valence-electron chi connectivity index (χ4n) is 3.28. The molecule has 0 saturated carbocycles. The number of halogens is 2. The number of benzene rings is 2. The van der Waals surface area contributed by atoms with Crippen molar-refractivity contribution >= 4 is 41.5 Å². The van der Waals surface area contributed by atoms with Crippen molar-refractivity contribution in [1.82, 2.24) is 15.5 Å². The molecular weight excluding hydrogens is 527 g/mol. The first-order valence-electron chi connectivity index (χ1n) is 10.4. The molecule has 0 atom stereocenters. The van der Waals surface area contributed by atoms with Crippen LogP contribution in [-0.4, -0.2) is 63.9 Å². The maximum absolute atomic E-state index is 6.06. The zero-order valence-electron chi connectivity index (χ0n) is 18.0. The molecule has 1 fully saturated rings. The predicted octanol–water partition coefficient (Wildman–Crippen LogP) is 3.58. The smallest absolute Gasteiger partial charge is 0.191 e. The summed E-state index contributed by atoms with van der Waals surface area (Å²) in [5.41, 5.74) is 2.35. The lowest BCUT2D eigenvalue weighted by atomic mass is 10.1. The van der Waals surface area contributed by atoms with Crippen molar-refractivity contribution in [2.75, 3.05) is 53.0 Å². The summed E-state index contributed by atoms with van der Waals surface area (Å²) in [6, 6.07) is 16.1. The van der Waals surface area contributed by atoms with Gasteiger partial charge >= 0.3 is 0 Å². The molecule has 2 N–H and O–H groups in total. The highest BCUT2D eigenvalue weighted by Gasteiger charge is 2.10. The van der Waals surface area contributed by atoms with Crippen LogP contribution in [0.15, 0.2) is 53.5 Å². The number of nitrogens with zero attached hydrogens (tertiary/aromatic N) is 2. The molecule has 0 bridgehead atoms. The highest BCUT2D eigenvalue weighted by atomic mass is 127. The molecule has 3 rings (SSSR count). The first-order valence-corrected chi connectivity index (χ1v) is 10.8. The zero-order valence-corrected chi connectivity index (χ0v) is 21.1. The number of guanidine groups is 1. The molecule has 0 radical (unpaired) electrons. The topological polar surface area (TPSA) is 58.1 Å². The van der Waals surface area contributed by atoms with Crippen molar-refractivity contribution in [3.05, 3.63) is 64.7 Å². The van der Waals surface area contributed by atoms with E-state index in [9.17, 15) is 0 Å². The lowest BCUT2D eigenvalue weighted by Gasteiger charge is -2.26. The van der Waals surface area contributed by atoms with Crippen molar-refractivity contribution < 1.29 is 9.47 Å². The summed E-state index contributed by atoms with van der Waals surface area (Å²) in [5, 5.41) is 7.49. The Kier molecular flexibility index (Phi) is 12.0. The van der Waals surface area contributed by atoms with Gasteiger partial charge in [0.05, 0.1) is 13.2 Å². The van der Waals surface area contributed by atoms with E-state index in [1.807, 2.05) is 42.5 Å². The van der Waals surface area contributed by atoms with Crippen LogP contribution in [0.5, 0.6) is 5.75 Å². The van der Waals surface area contributed by atoms with Crippen LogP contribution in [0.3, 0.4) is 0 Å². The lowest BCUT2D eigenvalue weighted by molar-refractivity contribution is 0.0322. The van der Waals surface area contributed by atoms with E-state index in [2.05, 4.69) is 26.6 Å². The Morgan fingerprint density at radius 1 is 1.10 bits per heavy atom. The fraction of sp³-hybridized carbons (Fsp3) is 0.435. The summed E-state index contributed by atoms with van der Waals surface area (Å²) in [6.45, 7) is 6.60. The Morgan fingerprint density at radius 2 is 1.84 bits per heavy atom. The van der Waals surface area contributed by atoms with Crippen LogP contribution in [0, 0.1) is 0 Å². The van der Waals surface area contributed by atoms with E-state index in [0.717, 1.165) is 68.1 Å². The van der Waals surface area contributed by atoms with Crippen LogP contribution in [-0.2, 0) is 17.7 Å². The second kappa shape index (κ2) is 14.5. The molecule has 2 aromatic rings. The van der Waals surface area contributed by atoms with Crippen molar-refractivity contribution in [2.45, 2.75) is 13.0 Å². The Labute approximate surface area is 207 Å².